The van der Waals surface area contributed by atoms with Gasteiger partial charge in [-0.2, -0.15) is 0 Å². The third kappa shape index (κ3) is 4.64. The lowest BCUT2D eigenvalue weighted by Crippen LogP contribution is -2.65. The van der Waals surface area contributed by atoms with Crippen molar-refractivity contribution >= 4 is 12.0 Å². The number of carbonyl (C=O) groups is 2. The highest BCUT2D eigenvalue weighted by atomic mass is 16.5. The number of carbonyl (C=O) groups excluding carboxylic acids is 1. The topological polar surface area (TPSA) is 88.1 Å². The molecule has 1 saturated carbocycles. The molecule has 1 aliphatic carbocycles. The number of hydrogen-bond acceptors (Lipinski definition) is 4. The van der Waals surface area contributed by atoms with Crippen LogP contribution in [0.1, 0.15) is 19.8 Å². The van der Waals surface area contributed by atoms with Gasteiger partial charge in [-0.1, -0.05) is 0 Å². The van der Waals surface area contributed by atoms with E-state index in [2.05, 4.69) is 5.32 Å². The first-order valence-electron chi connectivity index (χ1n) is 6.95. The second-order valence-electron chi connectivity index (χ2n) is 5.74. The molecule has 20 heavy (non-hydrogen) atoms. The fraction of sp³-hybridized carbons (Fsp3) is 0.846. The summed E-state index contributed by atoms with van der Waals surface area (Å²) in [4.78, 5) is 23.8. The highest BCUT2D eigenvalue weighted by Crippen LogP contribution is 2.28. The molecule has 2 aliphatic rings. The van der Waals surface area contributed by atoms with E-state index in [-0.39, 0.29) is 12.6 Å². The van der Waals surface area contributed by atoms with E-state index in [1.807, 2.05) is 0 Å². The van der Waals surface area contributed by atoms with Crippen molar-refractivity contribution in [2.75, 3.05) is 39.5 Å². The summed E-state index contributed by atoms with van der Waals surface area (Å²) >= 11 is 0. The zero-order chi connectivity index (χ0) is 14.6. The van der Waals surface area contributed by atoms with Gasteiger partial charge in [0.05, 0.1) is 19.7 Å². The van der Waals surface area contributed by atoms with Crippen LogP contribution in [0.3, 0.4) is 0 Å². The molecule has 2 amide bonds. The first-order chi connectivity index (χ1) is 9.48. The minimum Gasteiger partial charge on any atom is -0.480 e. The van der Waals surface area contributed by atoms with Crippen LogP contribution in [0.25, 0.3) is 0 Å². The van der Waals surface area contributed by atoms with Gasteiger partial charge in [0.1, 0.15) is 12.2 Å². The summed E-state index contributed by atoms with van der Waals surface area (Å²) < 4.78 is 10.7. The van der Waals surface area contributed by atoms with Crippen molar-refractivity contribution in [3.63, 3.8) is 0 Å². The van der Waals surface area contributed by atoms with Gasteiger partial charge in [0, 0.05) is 13.2 Å². The van der Waals surface area contributed by atoms with Crippen molar-refractivity contribution in [1.82, 2.24) is 10.2 Å². The SMILES string of the molecule is CC1(OCC(=O)O)CN(C(=O)NCCOCC2CC2)C1. The summed E-state index contributed by atoms with van der Waals surface area (Å²) in [6, 6.07) is -0.156. The van der Waals surface area contributed by atoms with Crippen LogP contribution in [0.2, 0.25) is 0 Å². The van der Waals surface area contributed by atoms with Crippen LogP contribution in [-0.2, 0) is 14.3 Å². The van der Waals surface area contributed by atoms with Gasteiger partial charge in [-0.25, -0.2) is 9.59 Å². The average Bonchev–Trinajstić information content (AvgIpc) is 3.16. The molecule has 0 spiro atoms. The second kappa shape index (κ2) is 6.41. The van der Waals surface area contributed by atoms with Gasteiger partial charge < -0.3 is 24.8 Å². The average molecular weight is 286 g/mol. The first-order valence-corrected chi connectivity index (χ1v) is 6.95. The summed E-state index contributed by atoms with van der Waals surface area (Å²) in [5.74, 6) is -0.268. The van der Waals surface area contributed by atoms with Crippen molar-refractivity contribution in [1.29, 1.82) is 0 Å². The molecule has 0 aromatic heterocycles. The highest BCUT2D eigenvalue weighted by Gasteiger charge is 2.42. The highest BCUT2D eigenvalue weighted by molar-refractivity contribution is 5.75. The molecule has 1 aliphatic heterocycles. The lowest BCUT2D eigenvalue weighted by atomic mass is 9.97. The van der Waals surface area contributed by atoms with E-state index in [0.717, 1.165) is 12.5 Å². The van der Waals surface area contributed by atoms with E-state index in [4.69, 9.17) is 14.6 Å². The number of carboxylic acid groups (broad SMARTS) is 1. The molecule has 2 rings (SSSR count). The number of nitrogens with one attached hydrogen (secondary N) is 1. The smallest absolute Gasteiger partial charge is 0.329 e. The number of amides is 2. The van der Waals surface area contributed by atoms with E-state index in [0.29, 0.717) is 26.2 Å². The Morgan fingerprint density at radius 1 is 1.40 bits per heavy atom. The number of carboxylic acids is 1. The number of hydrogen-bond donors (Lipinski definition) is 2. The lowest BCUT2D eigenvalue weighted by molar-refractivity contribution is -0.159. The number of aliphatic carboxylic acids is 1. The zero-order valence-corrected chi connectivity index (χ0v) is 11.8. The van der Waals surface area contributed by atoms with Crippen LogP contribution in [0.5, 0.6) is 0 Å². The Hall–Kier alpha value is -1.34. The van der Waals surface area contributed by atoms with E-state index in [1.54, 1.807) is 11.8 Å². The molecule has 0 radical (unpaired) electrons. The quantitative estimate of drug-likeness (QED) is 0.626. The molecule has 0 bridgehead atoms. The molecule has 0 aromatic rings. The third-order valence-corrected chi connectivity index (χ3v) is 3.46. The van der Waals surface area contributed by atoms with Crippen LogP contribution in [0.15, 0.2) is 0 Å². The molecule has 0 unspecified atom stereocenters. The van der Waals surface area contributed by atoms with Crippen LogP contribution < -0.4 is 5.32 Å². The Labute approximate surface area is 118 Å². The summed E-state index contributed by atoms with van der Waals surface area (Å²) in [6.45, 7) is 4.11. The monoisotopic (exact) mass is 286 g/mol. The number of rotatable bonds is 8. The molecule has 1 heterocycles. The number of ether oxygens (including phenoxy) is 2. The van der Waals surface area contributed by atoms with E-state index >= 15 is 0 Å². The molecule has 7 nitrogen and oxygen atoms in total. The van der Waals surface area contributed by atoms with E-state index in [1.165, 1.54) is 12.8 Å². The predicted octanol–water partition coefficient (Wildman–Crippen LogP) is 0.298. The second-order valence-corrected chi connectivity index (χ2v) is 5.74. The maximum atomic E-state index is 11.7. The number of likely N-dealkylation sites (tertiary alicyclic amines) is 1. The molecule has 114 valence electrons. The van der Waals surface area contributed by atoms with Crippen molar-refractivity contribution in [2.45, 2.75) is 25.4 Å². The zero-order valence-electron chi connectivity index (χ0n) is 11.8. The van der Waals surface area contributed by atoms with Crippen LogP contribution in [0.4, 0.5) is 4.79 Å². The Balaban J connectivity index is 1.52. The first kappa shape index (κ1) is 15.1. The van der Waals surface area contributed by atoms with Gasteiger partial charge in [-0.15, -0.1) is 0 Å². The summed E-state index contributed by atoms with van der Waals surface area (Å²) in [7, 11) is 0. The fourth-order valence-corrected chi connectivity index (χ4v) is 2.11. The van der Waals surface area contributed by atoms with Crippen LogP contribution >= 0.6 is 0 Å². The molecule has 0 aromatic carbocycles. The molecule has 7 heteroatoms. The van der Waals surface area contributed by atoms with Gasteiger partial charge in [-0.3, -0.25) is 0 Å². The minimum atomic E-state index is -0.998. The van der Waals surface area contributed by atoms with Gasteiger partial charge in [-0.05, 0) is 25.7 Å². The van der Waals surface area contributed by atoms with Crippen molar-refractivity contribution in [2.24, 2.45) is 5.92 Å². The normalized spacial score (nSPS) is 20.4. The summed E-state index contributed by atoms with van der Waals surface area (Å²) in [5, 5.41) is 11.3. The van der Waals surface area contributed by atoms with Crippen LogP contribution in [0, 0.1) is 5.92 Å². The fourth-order valence-electron chi connectivity index (χ4n) is 2.11. The Bertz CT molecular complexity index is 364. The van der Waals surface area contributed by atoms with E-state index < -0.39 is 11.6 Å². The summed E-state index contributed by atoms with van der Waals surface area (Å²) in [5.41, 5.74) is -0.543. The standard InChI is InChI=1S/C13H22N2O5/c1-13(20-7-11(16)17)8-15(9-13)12(18)14-4-5-19-6-10-2-3-10/h10H,2-9H2,1H3,(H,14,18)(H,16,17). The minimum absolute atomic E-state index is 0.156. The van der Waals surface area contributed by atoms with Crippen molar-refractivity contribution in [3.05, 3.63) is 0 Å². The summed E-state index contributed by atoms with van der Waals surface area (Å²) in [6.07, 6.45) is 2.52. The molecule has 1 saturated heterocycles. The maximum Gasteiger partial charge on any atom is 0.329 e. The van der Waals surface area contributed by atoms with E-state index in [9.17, 15) is 9.59 Å². The molecule has 0 atom stereocenters. The number of nitrogens with zero attached hydrogens (tertiary/aromatic N) is 1. The largest absolute Gasteiger partial charge is 0.480 e. The van der Waals surface area contributed by atoms with Gasteiger partial charge in [0.2, 0.25) is 0 Å². The molecule has 2 N–H and O–H groups in total. The van der Waals surface area contributed by atoms with Crippen molar-refractivity contribution < 1.29 is 24.2 Å². The Kier molecular flexibility index (Phi) is 4.82. The molecular weight excluding hydrogens is 264 g/mol. The van der Waals surface area contributed by atoms with Crippen LogP contribution in [-0.4, -0.2) is 67.1 Å². The van der Waals surface area contributed by atoms with Gasteiger partial charge in [0.25, 0.3) is 0 Å². The third-order valence-electron chi connectivity index (χ3n) is 3.46. The molecule has 2 fully saturated rings. The van der Waals surface area contributed by atoms with Crippen molar-refractivity contribution in [3.8, 4) is 0 Å². The van der Waals surface area contributed by atoms with Gasteiger partial charge >= 0.3 is 12.0 Å². The Morgan fingerprint density at radius 3 is 2.70 bits per heavy atom. The number of urea groups is 1. The lowest BCUT2D eigenvalue weighted by Gasteiger charge is -2.46. The maximum absolute atomic E-state index is 11.7. The molecular formula is C13H22N2O5. The Morgan fingerprint density at radius 2 is 2.10 bits per heavy atom. The predicted molar refractivity (Wildman–Crippen MR) is 70.5 cm³/mol. The van der Waals surface area contributed by atoms with Gasteiger partial charge in [0.15, 0.2) is 0 Å².